The highest BCUT2D eigenvalue weighted by atomic mass is 32.2. The molecule has 0 saturated heterocycles. The Labute approximate surface area is 98.3 Å². The molecule has 1 aromatic rings. The van der Waals surface area contributed by atoms with E-state index < -0.39 is 5.60 Å². The molecule has 0 spiro atoms. The van der Waals surface area contributed by atoms with E-state index in [2.05, 4.69) is 10.2 Å². The molecule has 2 rings (SSSR count). The van der Waals surface area contributed by atoms with E-state index in [0.717, 1.165) is 12.8 Å². The van der Waals surface area contributed by atoms with Crippen LogP contribution < -0.4 is 5.69 Å². The lowest BCUT2D eigenvalue weighted by atomic mass is 10.1. The van der Waals surface area contributed by atoms with Crippen molar-refractivity contribution in [1.29, 1.82) is 0 Å². The van der Waals surface area contributed by atoms with Gasteiger partial charge in [-0.15, -0.1) is 5.10 Å². The topological polar surface area (TPSA) is 70.9 Å². The van der Waals surface area contributed by atoms with Gasteiger partial charge in [-0.2, -0.15) is 0 Å². The summed E-state index contributed by atoms with van der Waals surface area (Å²) in [7, 11) is 0. The largest absolute Gasteiger partial charge is 0.389 e. The lowest BCUT2D eigenvalue weighted by molar-refractivity contribution is 0.0815. The summed E-state index contributed by atoms with van der Waals surface area (Å²) in [5.74, 6) is 0.556. The summed E-state index contributed by atoms with van der Waals surface area (Å²) in [6.45, 7) is 3.74. The van der Waals surface area contributed by atoms with E-state index in [0.29, 0.717) is 23.4 Å². The van der Waals surface area contributed by atoms with Gasteiger partial charge >= 0.3 is 5.69 Å². The van der Waals surface area contributed by atoms with Crippen molar-refractivity contribution in [2.24, 2.45) is 0 Å². The summed E-state index contributed by atoms with van der Waals surface area (Å²) in [6, 6.07) is 0.320. The van der Waals surface area contributed by atoms with Gasteiger partial charge in [0.1, 0.15) is 0 Å². The van der Waals surface area contributed by atoms with Crippen molar-refractivity contribution < 1.29 is 5.11 Å². The first-order valence-electron chi connectivity index (χ1n) is 5.55. The summed E-state index contributed by atoms with van der Waals surface area (Å²) >= 11 is 1.44. The van der Waals surface area contributed by atoms with Crippen LogP contribution in [0.1, 0.15) is 39.2 Å². The zero-order valence-corrected chi connectivity index (χ0v) is 10.4. The molecule has 1 fully saturated rings. The van der Waals surface area contributed by atoms with Crippen LogP contribution in [0.5, 0.6) is 0 Å². The molecule has 1 aromatic heterocycles. The van der Waals surface area contributed by atoms with Crippen molar-refractivity contribution >= 4 is 11.8 Å². The molecule has 1 heterocycles. The van der Waals surface area contributed by atoms with E-state index in [9.17, 15) is 9.90 Å². The average molecular weight is 243 g/mol. The van der Waals surface area contributed by atoms with Gasteiger partial charge in [-0.25, -0.2) is 9.89 Å². The Morgan fingerprint density at radius 2 is 2.38 bits per heavy atom. The smallest absolute Gasteiger partial charge is 0.344 e. The third-order valence-electron chi connectivity index (χ3n) is 2.86. The predicted octanol–water partition coefficient (Wildman–Crippen LogP) is 1.16. The maximum absolute atomic E-state index is 11.5. The number of aliphatic hydroxyl groups is 1. The van der Waals surface area contributed by atoms with E-state index in [1.54, 1.807) is 11.5 Å². The van der Waals surface area contributed by atoms with Gasteiger partial charge in [0.2, 0.25) is 0 Å². The van der Waals surface area contributed by atoms with Gasteiger partial charge in [-0.3, -0.25) is 4.57 Å². The Bertz CT molecular complexity index is 420. The fraction of sp³-hybridized carbons (Fsp3) is 0.800. The Morgan fingerprint density at radius 1 is 1.69 bits per heavy atom. The minimum atomic E-state index is -0.700. The number of aromatic nitrogens is 3. The lowest BCUT2D eigenvalue weighted by Gasteiger charge is -2.19. The molecular formula is C10H17N3O2S. The molecule has 0 amide bonds. The number of aromatic amines is 1. The Kier molecular flexibility index (Phi) is 3.12. The second-order valence-corrected chi connectivity index (χ2v) is 5.49. The molecule has 6 heteroatoms. The highest BCUT2D eigenvalue weighted by molar-refractivity contribution is 7.99. The van der Waals surface area contributed by atoms with Crippen LogP contribution in [0.4, 0.5) is 0 Å². The first kappa shape index (κ1) is 11.7. The minimum absolute atomic E-state index is 0.138. The number of hydrogen-bond donors (Lipinski definition) is 2. The number of rotatable bonds is 5. The molecule has 1 atom stereocenters. The standard InChI is InChI=1S/C10H17N3O2S/c1-3-10(2,15)6-16-9-12-11-8(14)13(9)7-4-5-7/h7,15H,3-6H2,1-2H3,(H,11,14). The number of H-pyrrole nitrogens is 1. The van der Waals surface area contributed by atoms with Crippen molar-refractivity contribution in [3.8, 4) is 0 Å². The fourth-order valence-corrected chi connectivity index (χ4v) is 2.49. The lowest BCUT2D eigenvalue weighted by Crippen LogP contribution is -2.26. The average Bonchev–Trinajstić information content (AvgIpc) is 3.01. The molecule has 90 valence electrons. The van der Waals surface area contributed by atoms with Crippen LogP contribution in [0.3, 0.4) is 0 Å². The van der Waals surface area contributed by atoms with Gasteiger partial charge < -0.3 is 5.11 Å². The third-order valence-corrected chi connectivity index (χ3v) is 4.17. The van der Waals surface area contributed by atoms with E-state index in [4.69, 9.17) is 0 Å². The van der Waals surface area contributed by atoms with Crippen molar-refractivity contribution in [2.75, 3.05) is 5.75 Å². The highest BCUT2D eigenvalue weighted by Crippen LogP contribution is 2.36. The second kappa shape index (κ2) is 4.25. The molecule has 1 aliphatic carbocycles. The fourth-order valence-electron chi connectivity index (χ4n) is 1.37. The molecule has 5 nitrogen and oxygen atoms in total. The predicted molar refractivity (Wildman–Crippen MR) is 62.8 cm³/mol. The highest BCUT2D eigenvalue weighted by Gasteiger charge is 2.29. The van der Waals surface area contributed by atoms with Gasteiger partial charge in [0.25, 0.3) is 0 Å². The number of nitrogens with zero attached hydrogens (tertiary/aromatic N) is 2. The molecule has 1 aliphatic rings. The monoisotopic (exact) mass is 243 g/mol. The van der Waals surface area contributed by atoms with Gasteiger partial charge in [0, 0.05) is 11.8 Å². The van der Waals surface area contributed by atoms with Crippen LogP contribution in [-0.4, -0.2) is 31.2 Å². The summed E-state index contributed by atoms with van der Waals surface area (Å²) in [5, 5.41) is 17.0. The Morgan fingerprint density at radius 3 is 2.94 bits per heavy atom. The van der Waals surface area contributed by atoms with Gasteiger partial charge in [-0.1, -0.05) is 18.7 Å². The molecule has 2 N–H and O–H groups in total. The van der Waals surface area contributed by atoms with Crippen molar-refractivity contribution in [3.05, 3.63) is 10.5 Å². The summed E-state index contributed by atoms with van der Waals surface area (Å²) in [5.41, 5.74) is -0.838. The SMILES string of the molecule is CCC(C)(O)CSc1n[nH]c(=O)n1C1CC1. The van der Waals surface area contributed by atoms with Crippen LogP contribution in [0.25, 0.3) is 0 Å². The zero-order valence-electron chi connectivity index (χ0n) is 9.56. The number of hydrogen-bond acceptors (Lipinski definition) is 4. The molecular weight excluding hydrogens is 226 g/mol. The minimum Gasteiger partial charge on any atom is -0.389 e. The van der Waals surface area contributed by atoms with Gasteiger partial charge in [0.05, 0.1) is 5.60 Å². The maximum Gasteiger partial charge on any atom is 0.344 e. The zero-order chi connectivity index (χ0) is 11.8. The first-order valence-corrected chi connectivity index (χ1v) is 6.54. The van der Waals surface area contributed by atoms with Crippen molar-refractivity contribution in [3.63, 3.8) is 0 Å². The molecule has 0 radical (unpaired) electrons. The quantitative estimate of drug-likeness (QED) is 0.761. The normalized spacial score (nSPS) is 19.7. The van der Waals surface area contributed by atoms with Crippen LogP contribution in [0.15, 0.2) is 9.95 Å². The Hall–Kier alpha value is -0.750. The van der Waals surface area contributed by atoms with E-state index >= 15 is 0 Å². The molecule has 16 heavy (non-hydrogen) atoms. The number of nitrogens with one attached hydrogen (secondary N) is 1. The maximum atomic E-state index is 11.5. The Balaban J connectivity index is 2.07. The van der Waals surface area contributed by atoms with Crippen molar-refractivity contribution in [2.45, 2.75) is 49.9 Å². The van der Waals surface area contributed by atoms with Gasteiger partial charge in [0.15, 0.2) is 5.16 Å². The van der Waals surface area contributed by atoms with Crippen molar-refractivity contribution in [1.82, 2.24) is 14.8 Å². The summed E-state index contributed by atoms with van der Waals surface area (Å²) in [6.07, 6.45) is 2.80. The molecule has 0 aliphatic heterocycles. The van der Waals surface area contributed by atoms with Crippen LogP contribution in [0, 0.1) is 0 Å². The van der Waals surface area contributed by atoms with E-state index in [1.807, 2.05) is 6.92 Å². The first-order chi connectivity index (χ1) is 7.53. The number of thioether (sulfide) groups is 1. The molecule has 0 bridgehead atoms. The van der Waals surface area contributed by atoms with Crippen LogP contribution >= 0.6 is 11.8 Å². The summed E-state index contributed by atoms with van der Waals surface area (Å²) in [4.78, 5) is 11.5. The van der Waals surface area contributed by atoms with Crippen LogP contribution in [-0.2, 0) is 0 Å². The summed E-state index contributed by atoms with van der Waals surface area (Å²) < 4.78 is 1.70. The van der Waals surface area contributed by atoms with Crippen LogP contribution in [0.2, 0.25) is 0 Å². The second-order valence-electron chi connectivity index (χ2n) is 4.55. The molecule has 0 aromatic carbocycles. The van der Waals surface area contributed by atoms with E-state index in [1.165, 1.54) is 11.8 Å². The van der Waals surface area contributed by atoms with Gasteiger partial charge in [-0.05, 0) is 26.2 Å². The van der Waals surface area contributed by atoms with E-state index in [-0.39, 0.29) is 5.69 Å². The third kappa shape index (κ3) is 2.49. The molecule has 1 saturated carbocycles. The molecule has 1 unspecified atom stereocenters.